The Labute approximate surface area is 434 Å². The molecule has 0 aliphatic carbocycles. The quantitative estimate of drug-likeness (QED) is 0.0278. The van der Waals surface area contributed by atoms with Gasteiger partial charge >= 0.3 is 17.1 Å². The second-order valence-corrected chi connectivity index (χ2v) is 45.6. The van der Waals surface area contributed by atoms with Crippen LogP contribution in [0.25, 0.3) is 0 Å². The van der Waals surface area contributed by atoms with Crippen LogP contribution in [0.15, 0.2) is 0 Å². The first-order chi connectivity index (χ1) is 26.3. The molecule has 0 rings (SSSR count). The summed E-state index contributed by atoms with van der Waals surface area (Å²) in [5, 5.41) is 0. The second-order valence-electron chi connectivity index (χ2n) is 20.7. The first-order valence-electron chi connectivity index (χ1n) is 24.0. The van der Waals surface area contributed by atoms with Crippen molar-refractivity contribution in [2.24, 2.45) is 0 Å². The average Bonchev–Trinajstić information content (AvgIpc) is 3.08. The maximum Gasteiger partial charge on any atom is 0.311 e. The van der Waals surface area contributed by atoms with Gasteiger partial charge in [-0.15, -0.1) is 0 Å². The Bertz CT molecular complexity index is 935. The summed E-state index contributed by atoms with van der Waals surface area (Å²) in [5.74, 6) is 0. The molecule has 6 nitrogen and oxygen atoms in total. The lowest BCUT2D eigenvalue weighted by Crippen LogP contribution is -3.00. The number of halogens is 2. The number of rotatable bonds is 34. The number of hydrogen-bond acceptors (Lipinski definition) is 5. The van der Waals surface area contributed by atoms with Crippen LogP contribution < -0.4 is 24.0 Å². The van der Waals surface area contributed by atoms with Crippen molar-refractivity contribution in [2.45, 2.75) is 264 Å². The molecular formula is C48H124I2N2O4Si6. The van der Waals surface area contributed by atoms with Gasteiger partial charge in [0.25, 0.3) is 0 Å². The Morgan fingerprint density at radius 1 is 0.371 bits per heavy atom. The van der Waals surface area contributed by atoms with Crippen LogP contribution in [0.3, 0.4) is 0 Å². The summed E-state index contributed by atoms with van der Waals surface area (Å²) in [6.45, 7) is 49.7. The lowest BCUT2D eigenvalue weighted by atomic mass is 10.2. The summed E-state index contributed by atoms with van der Waals surface area (Å²) in [7, 11) is -8.13. The number of unbranched alkanes of at least 4 members (excludes halogenated alkanes) is 6. The Balaban J connectivity index is -0.000000140. The van der Waals surface area contributed by atoms with Crippen LogP contribution >= 0.6 is 22.6 Å². The fraction of sp³-hybridized carbons (Fsp3) is 1.00. The first kappa shape index (κ1) is 81.5. The van der Waals surface area contributed by atoms with E-state index in [4.69, 9.17) is 16.5 Å². The maximum absolute atomic E-state index is 6.80. The molecule has 0 radical (unpaired) electrons. The second kappa shape index (κ2) is 43.5. The highest BCUT2D eigenvalue weighted by atomic mass is 127. The lowest BCUT2D eigenvalue weighted by Gasteiger charge is -2.39. The van der Waals surface area contributed by atoms with Crippen LogP contribution in [-0.2, 0) is 16.5 Å². The SMILES string of the molecule is C.C.C.C.CCCCN(CCCC)CCC[Si](C)(C)O[Si](C)(C)O[Si](C)(C)CCCC.CCCC[N+](C)(CCCC)CCC[Si](C)(C)O[Si](C)(C)O[Si](C)(C)CCCC.CI.[I-]. The molecular weight excluding hydrogens is 1090 g/mol. The van der Waals surface area contributed by atoms with Gasteiger partial charge in [0.15, 0.2) is 33.3 Å². The van der Waals surface area contributed by atoms with E-state index >= 15 is 0 Å². The van der Waals surface area contributed by atoms with Crippen molar-refractivity contribution in [3.05, 3.63) is 0 Å². The van der Waals surface area contributed by atoms with Crippen LogP contribution in [0.1, 0.15) is 161 Å². The van der Waals surface area contributed by atoms with Crippen molar-refractivity contribution in [3.63, 3.8) is 0 Å². The van der Waals surface area contributed by atoms with Gasteiger partial charge in [-0.2, -0.15) is 0 Å². The molecule has 0 bridgehead atoms. The molecule has 0 atom stereocenters. The van der Waals surface area contributed by atoms with Crippen LogP contribution in [0.5, 0.6) is 0 Å². The number of quaternary nitrogens is 1. The summed E-state index contributed by atoms with van der Waals surface area (Å²) in [6, 6.07) is 5.03. The largest absolute Gasteiger partial charge is 1.00 e. The van der Waals surface area contributed by atoms with Crippen LogP contribution in [0.4, 0.5) is 0 Å². The number of alkyl halides is 1. The normalized spacial score (nSPS) is 12.3. The van der Waals surface area contributed by atoms with Crippen molar-refractivity contribution >= 4 is 73.0 Å². The fourth-order valence-corrected chi connectivity index (χ4v) is 36.7. The van der Waals surface area contributed by atoms with E-state index in [-0.39, 0.29) is 53.7 Å². The van der Waals surface area contributed by atoms with E-state index in [9.17, 15) is 0 Å². The molecule has 0 aromatic carbocycles. The van der Waals surface area contributed by atoms with Crippen molar-refractivity contribution in [1.82, 2.24) is 4.90 Å². The van der Waals surface area contributed by atoms with E-state index in [0.29, 0.717) is 0 Å². The van der Waals surface area contributed by atoms with Gasteiger partial charge in [-0.25, -0.2) is 0 Å². The smallest absolute Gasteiger partial charge is 0.311 e. The molecule has 0 spiro atoms. The molecule has 0 aliphatic rings. The first-order valence-corrected chi connectivity index (χ1v) is 44.3. The van der Waals surface area contributed by atoms with E-state index in [1.807, 2.05) is 4.93 Å². The van der Waals surface area contributed by atoms with Gasteiger partial charge in [0.1, 0.15) is 0 Å². The Kier molecular flexibility index (Phi) is 57.2. The number of hydrogen-bond donors (Lipinski definition) is 0. The molecule has 0 N–H and O–H groups in total. The minimum atomic E-state index is -2.04. The summed E-state index contributed by atoms with van der Waals surface area (Å²) in [4.78, 5) is 4.65. The number of nitrogens with zero attached hydrogens (tertiary/aromatic N) is 2. The third-order valence-electron chi connectivity index (χ3n) is 10.8. The predicted octanol–water partition coefficient (Wildman–Crippen LogP) is 15.2. The van der Waals surface area contributed by atoms with Crippen LogP contribution in [0, 0.1) is 0 Å². The maximum atomic E-state index is 6.80. The van der Waals surface area contributed by atoms with Crippen molar-refractivity contribution in [1.29, 1.82) is 0 Å². The van der Waals surface area contributed by atoms with Crippen LogP contribution in [-0.4, -0.2) is 111 Å². The molecule has 0 heterocycles. The van der Waals surface area contributed by atoms with E-state index < -0.39 is 50.4 Å². The van der Waals surface area contributed by atoms with E-state index in [2.05, 4.69) is 155 Å². The molecule has 0 aromatic rings. The van der Waals surface area contributed by atoms with E-state index in [1.165, 1.54) is 158 Å². The molecule has 0 fully saturated rings. The van der Waals surface area contributed by atoms with E-state index in [0.717, 1.165) is 0 Å². The van der Waals surface area contributed by atoms with Crippen molar-refractivity contribution in [2.75, 3.05) is 51.2 Å². The highest BCUT2D eigenvalue weighted by Gasteiger charge is 2.40. The van der Waals surface area contributed by atoms with Gasteiger partial charge in [-0.3, -0.25) is 0 Å². The molecule has 0 amide bonds. The standard InChI is InChI=1S/C22H54NO2Si3.C21H51NO2Si3.CH3I.4CH4.HI/c1-11-14-18-23(4,19-15-12-2)20-17-22-27(7,8)25-28(9,10)24-26(5,6)21-16-13-3;1-10-13-17-22(18-14-11-2)19-16-21-26(6,7)24-27(8,9)23-25(4,5)20-15-12-3;1-2;;;;;/h11-22H2,1-10H3;10-21H2,1-9H3;1H3;4*1H4;1H/q+1;;;;;;;/p-1. The van der Waals surface area contributed by atoms with Gasteiger partial charge in [-0.05, 0) is 166 Å². The van der Waals surface area contributed by atoms with Crippen molar-refractivity contribution < 1.29 is 44.9 Å². The zero-order valence-electron chi connectivity index (χ0n) is 43.3. The minimum Gasteiger partial charge on any atom is -1.00 e. The zero-order valence-corrected chi connectivity index (χ0v) is 53.6. The molecule has 0 unspecified atom stereocenters. The van der Waals surface area contributed by atoms with Gasteiger partial charge in [0.05, 0.1) is 26.7 Å². The molecule has 0 aromatic heterocycles. The summed E-state index contributed by atoms with van der Waals surface area (Å²) in [6.07, 6.45) is 18.2. The molecule has 0 saturated carbocycles. The summed E-state index contributed by atoms with van der Waals surface area (Å²) >= 11 is 2.15. The van der Waals surface area contributed by atoms with Gasteiger partial charge in [-0.1, -0.05) is 145 Å². The van der Waals surface area contributed by atoms with Gasteiger partial charge in [0, 0.05) is 0 Å². The van der Waals surface area contributed by atoms with Gasteiger partial charge < -0.3 is 49.8 Å². The average molecular weight is 1220 g/mol. The Hall–Kier alpha value is 2.52. The molecule has 0 aliphatic heterocycles. The topological polar surface area (TPSA) is 40.2 Å². The molecule has 388 valence electrons. The lowest BCUT2D eigenvalue weighted by molar-refractivity contribution is -0.910. The Morgan fingerprint density at radius 2 is 0.597 bits per heavy atom. The zero-order chi connectivity index (χ0) is 44.9. The third kappa shape index (κ3) is 49.0. The van der Waals surface area contributed by atoms with Crippen molar-refractivity contribution in [3.8, 4) is 0 Å². The summed E-state index contributed by atoms with van der Waals surface area (Å²) < 4.78 is 28.2. The molecule has 0 saturated heterocycles. The van der Waals surface area contributed by atoms with Gasteiger partial charge in [0.2, 0.25) is 0 Å². The fourth-order valence-electron chi connectivity index (χ4n) is 8.24. The third-order valence-corrected chi connectivity index (χ3v) is 33.8. The summed E-state index contributed by atoms with van der Waals surface area (Å²) in [5.41, 5.74) is 0. The highest BCUT2D eigenvalue weighted by molar-refractivity contribution is 14.1. The minimum absolute atomic E-state index is 0. The Morgan fingerprint density at radius 3 is 0.871 bits per heavy atom. The monoisotopic (exact) mass is 1210 g/mol. The molecule has 14 heteroatoms. The highest BCUT2D eigenvalue weighted by Crippen LogP contribution is 2.28. The van der Waals surface area contributed by atoms with Crippen LogP contribution in [0.2, 0.25) is 103 Å². The predicted molar refractivity (Wildman–Crippen MR) is 311 cm³/mol. The molecule has 62 heavy (non-hydrogen) atoms. The van der Waals surface area contributed by atoms with E-state index in [1.54, 1.807) is 0 Å².